The van der Waals surface area contributed by atoms with E-state index in [1.807, 2.05) is 26.8 Å². The molecule has 1 unspecified atom stereocenters. The Labute approximate surface area is 166 Å². The van der Waals surface area contributed by atoms with Crippen LogP contribution in [0.4, 0.5) is 0 Å². The van der Waals surface area contributed by atoms with Gasteiger partial charge in [-0.1, -0.05) is 6.42 Å². The van der Waals surface area contributed by atoms with Gasteiger partial charge < -0.3 is 24.7 Å². The molecular weight excluding hydrogens is 356 g/mol. The highest BCUT2D eigenvalue weighted by atomic mass is 16.3. The number of aliphatic imine (C=N–C) groups is 1. The van der Waals surface area contributed by atoms with Crippen LogP contribution in [0, 0.1) is 13.8 Å². The lowest BCUT2D eigenvalue weighted by atomic mass is 9.96. The van der Waals surface area contributed by atoms with Gasteiger partial charge in [-0.3, -0.25) is 0 Å². The maximum atomic E-state index is 10.9. The highest BCUT2D eigenvalue weighted by molar-refractivity contribution is 5.79. The van der Waals surface area contributed by atoms with Crippen LogP contribution in [0.3, 0.4) is 0 Å². The Balaban J connectivity index is 1.68. The molecular formula is C20H32N6O2. The van der Waals surface area contributed by atoms with E-state index in [2.05, 4.69) is 30.4 Å². The van der Waals surface area contributed by atoms with Crippen LogP contribution in [-0.4, -0.2) is 38.9 Å². The van der Waals surface area contributed by atoms with E-state index in [1.54, 1.807) is 6.92 Å². The fraction of sp³-hybridized carbons (Fsp3) is 0.650. The fourth-order valence-corrected chi connectivity index (χ4v) is 3.67. The van der Waals surface area contributed by atoms with Crippen LogP contribution in [0.25, 0.3) is 0 Å². The van der Waals surface area contributed by atoms with Crippen molar-refractivity contribution in [1.29, 1.82) is 0 Å². The summed E-state index contributed by atoms with van der Waals surface area (Å²) in [6.07, 6.45) is 4.56. The van der Waals surface area contributed by atoms with E-state index in [0.717, 1.165) is 54.7 Å². The van der Waals surface area contributed by atoms with Crippen molar-refractivity contribution in [3.8, 4) is 0 Å². The number of aromatic nitrogens is 3. The monoisotopic (exact) mass is 388 g/mol. The van der Waals surface area contributed by atoms with Crippen molar-refractivity contribution < 1.29 is 9.52 Å². The van der Waals surface area contributed by atoms with Gasteiger partial charge in [0.1, 0.15) is 29.5 Å². The quantitative estimate of drug-likeness (QED) is 0.518. The first-order valence-corrected chi connectivity index (χ1v) is 10.1. The van der Waals surface area contributed by atoms with Crippen LogP contribution in [-0.2, 0) is 25.1 Å². The van der Waals surface area contributed by atoms with Crippen LogP contribution in [0.15, 0.2) is 15.5 Å². The van der Waals surface area contributed by atoms with Crippen molar-refractivity contribution >= 4 is 5.96 Å². The molecule has 3 heterocycles. The maximum absolute atomic E-state index is 10.9. The summed E-state index contributed by atoms with van der Waals surface area (Å²) >= 11 is 0. The van der Waals surface area contributed by atoms with E-state index in [1.165, 1.54) is 12.8 Å². The summed E-state index contributed by atoms with van der Waals surface area (Å²) in [5.41, 5.74) is -0.277. The number of hydrogen-bond donors (Lipinski definition) is 3. The van der Waals surface area contributed by atoms with Crippen molar-refractivity contribution in [1.82, 2.24) is 25.4 Å². The van der Waals surface area contributed by atoms with Crippen molar-refractivity contribution in [3.63, 3.8) is 0 Å². The molecule has 1 aliphatic rings. The van der Waals surface area contributed by atoms with Gasteiger partial charge in [-0.25, -0.2) is 4.99 Å². The third-order valence-corrected chi connectivity index (χ3v) is 5.13. The van der Waals surface area contributed by atoms with Crippen molar-refractivity contribution in [2.24, 2.45) is 4.99 Å². The predicted octanol–water partition coefficient (Wildman–Crippen LogP) is 2.18. The summed E-state index contributed by atoms with van der Waals surface area (Å²) in [5.74, 6) is 4.13. The summed E-state index contributed by atoms with van der Waals surface area (Å²) < 4.78 is 7.77. The average Bonchev–Trinajstić information content (AvgIpc) is 3.11. The number of aliphatic hydroxyl groups is 1. The minimum atomic E-state index is -1.07. The lowest BCUT2D eigenvalue weighted by molar-refractivity contribution is 0.0601. The van der Waals surface area contributed by atoms with Crippen LogP contribution in [0.1, 0.15) is 61.8 Å². The SMILES string of the molecule is CCNC(=NCc1nnc2n1CCCCC2)NCC(C)(O)c1cc(C)oc1C. The van der Waals surface area contributed by atoms with Gasteiger partial charge in [0.2, 0.25) is 0 Å². The molecule has 3 rings (SSSR count). The zero-order valence-electron chi connectivity index (χ0n) is 17.4. The molecule has 3 N–H and O–H groups in total. The van der Waals surface area contributed by atoms with Gasteiger partial charge in [-0.05, 0) is 46.6 Å². The highest BCUT2D eigenvalue weighted by Gasteiger charge is 2.28. The molecule has 0 bridgehead atoms. The fourth-order valence-electron chi connectivity index (χ4n) is 3.67. The van der Waals surface area contributed by atoms with Crippen LogP contribution in [0.5, 0.6) is 0 Å². The van der Waals surface area contributed by atoms with E-state index in [-0.39, 0.29) is 0 Å². The number of guanidine groups is 1. The molecule has 1 aliphatic heterocycles. The van der Waals surface area contributed by atoms with Gasteiger partial charge in [-0.2, -0.15) is 0 Å². The Hall–Kier alpha value is -2.35. The highest BCUT2D eigenvalue weighted by Crippen LogP contribution is 2.26. The van der Waals surface area contributed by atoms with Gasteiger partial charge >= 0.3 is 0 Å². The maximum Gasteiger partial charge on any atom is 0.191 e. The van der Waals surface area contributed by atoms with Crippen molar-refractivity contribution in [2.75, 3.05) is 13.1 Å². The number of rotatable bonds is 6. The molecule has 0 saturated heterocycles. The number of nitrogens with one attached hydrogen (secondary N) is 2. The summed E-state index contributed by atoms with van der Waals surface area (Å²) in [5, 5.41) is 26.0. The van der Waals surface area contributed by atoms with Gasteiger partial charge in [0.25, 0.3) is 0 Å². The Kier molecular flexibility index (Phi) is 6.39. The summed E-state index contributed by atoms with van der Waals surface area (Å²) in [4.78, 5) is 4.66. The van der Waals surface area contributed by atoms with Gasteiger partial charge in [0.05, 0.1) is 6.54 Å². The Bertz CT molecular complexity index is 821. The smallest absolute Gasteiger partial charge is 0.191 e. The van der Waals surface area contributed by atoms with Crippen molar-refractivity contribution in [2.45, 2.75) is 72.1 Å². The molecule has 0 radical (unpaired) electrons. The number of hydrogen-bond acceptors (Lipinski definition) is 5. The van der Waals surface area contributed by atoms with Crippen LogP contribution < -0.4 is 10.6 Å². The molecule has 2 aromatic rings. The van der Waals surface area contributed by atoms with E-state index < -0.39 is 5.60 Å². The molecule has 0 fully saturated rings. The third kappa shape index (κ3) is 4.73. The Morgan fingerprint density at radius 3 is 2.82 bits per heavy atom. The first-order valence-electron chi connectivity index (χ1n) is 10.1. The number of aryl methyl sites for hydroxylation is 3. The lowest BCUT2D eigenvalue weighted by Gasteiger charge is -2.24. The van der Waals surface area contributed by atoms with E-state index >= 15 is 0 Å². The molecule has 0 spiro atoms. The molecule has 154 valence electrons. The van der Waals surface area contributed by atoms with Crippen LogP contribution >= 0.6 is 0 Å². The Morgan fingerprint density at radius 2 is 2.11 bits per heavy atom. The van der Waals surface area contributed by atoms with Gasteiger partial charge in [-0.15, -0.1) is 10.2 Å². The van der Waals surface area contributed by atoms with Crippen LogP contribution in [0.2, 0.25) is 0 Å². The topological polar surface area (TPSA) is 100 Å². The minimum Gasteiger partial charge on any atom is -0.466 e. The molecule has 2 aromatic heterocycles. The van der Waals surface area contributed by atoms with Gasteiger partial charge in [0.15, 0.2) is 11.8 Å². The third-order valence-electron chi connectivity index (χ3n) is 5.13. The summed E-state index contributed by atoms with van der Waals surface area (Å²) in [6, 6.07) is 1.88. The first-order chi connectivity index (χ1) is 13.4. The number of furan rings is 1. The second kappa shape index (κ2) is 8.77. The Morgan fingerprint density at radius 1 is 1.29 bits per heavy atom. The molecule has 8 nitrogen and oxygen atoms in total. The largest absolute Gasteiger partial charge is 0.466 e. The zero-order chi connectivity index (χ0) is 20.1. The summed E-state index contributed by atoms with van der Waals surface area (Å²) in [7, 11) is 0. The molecule has 28 heavy (non-hydrogen) atoms. The molecule has 0 aliphatic carbocycles. The molecule has 0 aromatic carbocycles. The first kappa shape index (κ1) is 20.4. The lowest BCUT2D eigenvalue weighted by Crippen LogP contribution is -2.44. The van der Waals surface area contributed by atoms with Gasteiger partial charge in [0, 0.05) is 25.1 Å². The molecule has 0 saturated carbocycles. The zero-order valence-corrected chi connectivity index (χ0v) is 17.4. The number of fused-ring (bicyclic) bond motifs is 1. The van der Waals surface area contributed by atoms with E-state index in [0.29, 0.717) is 19.0 Å². The minimum absolute atomic E-state index is 0.316. The second-order valence-corrected chi connectivity index (χ2v) is 7.64. The van der Waals surface area contributed by atoms with E-state index in [4.69, 9.17) is 4.42 Å². The molecule has 1 atom stereocenters. The molecule has 8 heteroatoms. The molecule has 0 amide bonds. The second-order valence-electron chi connectivity index (χ2n) is 7.64. The predicted molar refractivity (Wildman–Crippen MR) is 108 cm³/mol. The van der Waals surface area contributed by atoms with E-state index in [9.17, 15) is 5.11 Å². The standard InChI is InChI=1S/C20H32N6O2/c1-5-21-19(23-13-20(4,27)16-11-14(2)28-15(16)3)22-12-18-25-24-17-9-7-6-8-10-26(17)18/h11,27H,5-10,12-13H2,1-4H3,(H2,21,22,23). The normalized spacial score (nSPS) is 17.0. The summed E-state index contributed by atoms with van der Waals surface area (Å²) in [6.45, 7) is 10.0. The average molecular weight is 389 g/mol. The van der Waals surface area contributed by atoms with Crippen molar-refractivity contribution in [3.05, 3.63) is 34.8 Å². The number of nitrogens with zero attached hydrogens (tertiary/aromatic N) is 4.